The maximum atomic E-state index is 11.8. The first-order valence-electron chi connectivity index (χ1n) is 6.92. The summed E-state index contributed by atoms with van der Waals surface area (Å²) in [7, 11) is 2.88. The highest BCUT2D eigenvalue weighted by Crippen LogP contribution is 2.26. The lowest BCUT2D eigenvalue weighted by molar-refractivity contribution is 0.0597. The van der Waals surface area contributed by atoms with Gasteiger partial charge in [0.2, 0.25) is 0 Å². The number of fused-ring (bicyclic) bond motifs is 1. The molecule has 0 bridgehead atoms. The number of hydrogen-bond acceptors (Lipinski definition) is 5. The van der Waals surface area contributed by atoms with Gasteiger partial charge >= 0.3 is 5.97 Å². The van der Waals surface area contributed by atoms with E-state index in [0.717, 1.165) is 37.1 Å². The fourth-order valence-electron chi connectivity index (χ4n) is 2.63. The Morgan fingerprint density at radius 3 is 3.00 bits per heavy atom. The van der Waals surface area contributed by atoms with Crippen molar-refractivity contribution in [3.8, 4) is 5.75 Å². The van der Waals surface area contributed by atoms with Crippen LogP contribution in [0.5, 0.6) is 5.75 Å². The van der Waals surface area contributed by atoms with Crippen LogP contribution in [0.1, 0.15) is 16.8 Å². The molecule has 0 amide bonds. The molecule has 6 heteroatoms. The Balaban J connectivity index is 1.94. The van der Waals surface area contributed by atoms with Crippen LogP contribution in [0.3, 0.4) is 0 Å². The van der Waals surface area contributed by atoms with E-state index >= 15 is 0 Å². The topological polar surface area (TPSA) is 62.6 Å². The van der Waals surface area contributed by atoms with E-state index < -0.39 is 5.97 Å². The third-order valence-electron chi connectivity index (χ3n) is 3.75. The second-order valence-corrected chi connectivity index (χ2v) is 5.18. The van der Waals surface area contributed by atoms with E-state index in [4.69, 9.17) is 14.2 Å². The highest BCUT2D eigenvalue weighted by atomic mass is 16.5. The van der Waals surface area contributed by atoms with Gasteiger partial charge in [-0.2, -0.15) is 5.10 Å². The van der Waals surface area contributed by atoms with Gasteiger partial charge in [0.15, 0.2) is 0 Å². The number of benzene rings is 1. The van der Waals surface area contributed by atoms with Gasteiger partial charge in [-0.1, -0.05) is 0 Å². The van der Waals surface area contributed by atoms with Crippen LogP contribution >= 0.6 is 0 Å². The second-order valence-electron chi connectivity index (χ2n) is 5.18. The van der Waals surface area contributed by atoms with Crippen molar-refractivity contribution in [2.75, 3.05) is 27.4 Å². The number of esters is 1. The normalized spacial score (nSPS) is 18.1. The smallest absolute Gasteiger partial charge is 0.341 e. The predicted molar refractivity (Wildman–Crippen MR) is 76.6 cm³/mol. The van der Waals surface area contributed by atoms with E-state index in [1.54, 1.807) is 12.1 Å². The van der Waals surface area contributed by atoms with Gasteiger partial charge in [-0.15, -0.1) is 0 Å². The standard InChI is InChI=1S/C15H18N2O4/c1-19-14-6-13-11(5-12(14)15(18)20-2)8-17(16-13)7-10-3-4-21-9-10/h5-6,8,10H,3-4,7,9H2,1-2H3. The molecule has 2 heterocycles. The molecule has 6 nitrogen and oxygen atoms in total. The first kappa shape index (κ1) is 13.9. The van der Waals surface area contributed by atoms with Crippen LogP contribution in [0.15, 0.2) is 18.3 Å². The molecule has 1 aliphatic heterocycles. The van der Waals surface area contributed by atoms with Gasteiger partial charge in [0, 0.05) is 36.7 Å². The molecule has 1 saturated heterocycles. The quantitative estimate of drug-likeness (QED) is 0.804. The highest BCUT2D eigenvalue weighted by molar-refractivity contribution is 5.97. The van der Waals surface area contributed by atoms with Crippen molar-refractivity contribution in [2.24, 2.45) is 5.92 Å². The third kappa shape index (κ3) is 2.71. The Labute approximate surface area is 122 Å². The summed E-state index contributed by atoms with van der Waals surface area (Å²) in [6.45, 7) is 2.43. The molecular formula is C15H18N2O4. The molecule has 3 rings (SSSR count). The van der Waals surface area contributed by atoms with Crippen LogP contribution in [-0.2, 0) is 16.0 Å². The Hall–Kier alpha value is -2.08. The molecule has 21 heavy (non-hydrogen) atoms. The van der Waals surface area contributed by atoms with Gasteiger partial charge < -0.3 is 14.2 Å². The summed E-state index contributed by atoms with van der Waals surface area (Å²) < 4.78 is 17.3. The van der Waals surface area contributed by atoms with Crippen LogP contribution in [0.4, 0.5) is 0 Å². The minimum Gasteiger partial charge on any atom is -0.496 e. The summed E-state index contributed by atoms with van der Waals surface area (Å²) in [5.41, 5.74) is 1.22. The van der Waals surface area contributed by atoms with E-state index in [1.165, 1.54) is 14.2 Å². The Bertz CT molecular complexity index is 659. The third-order valence-corrected chi connectivity index (χ3v) is 3.75. The fourth-order valence-corrected chi connectivity index (χ4v) is 2.63. The Morgan fingerprint density at radius 1 is 1.48 bits per heavy atom. The monoisotopic (exact) mass is 290 g/mol. The van der Waals surface area contributed by atoms with E-state index in [-0.39, 0.29) is 0 Å². The molecule has 0 aliphatic carbocycles. The molecule has 0 saturated carbocycles. The molecule has 1 aromatic heterocycles. The number of carbonyl (C=O) groups excluding carboxylic acids is 1. The van der Waals surface area contributed by atoms with Crippen molar-refractivity contribution < 1.29 is 19.0 Å². The van der Waals surface area contributed by atoms with Crippen LogP contribution in [0, 0.1) is 5.92 Å². The summed E-state index contributed by atoms with van der Waals surface area (Å²) in [6.07, 6.45) is 3.01. The van der Waals surface area contributed by atoms with Crippen molar-refractivity contribution in [1.82, 2.24) is 9.78 Å². The molecule has 0 spiro atoms. The van der Waals surface area contributed by atoms with Crippen LogP contribution in [0.25, 0.3) is 10.9 Å². The van der Waals surface area contributed by atoms with E-state index in [2.05, 4.69) is 5.10 Å². The molecule has 0 radical (unpaired) electrons. The number of nitrogens with zero attached hydrogens (tertiary/aromatic N) is 2. The maximum Gasteiger partial charge on any atom is 0.341 e. The van der Waals surface area contributed by atoms with Gasteiger partial charge in [-0.3, -0.25) is 4.68 Å². The van der Waals surface area contributed by atoms with Crippen LogP contribution in [0.2, 0.25) is 0 Å². The summed E-state index contributed by atoms with van der Waals surface area (Å²) in [5.74, 6) is 0.566. The van der Waals surface area contributed by atoms with E-state index in [1.807, 2.05) is 10.9 Å². The van der Waals surface area contributed by atoms with Crippen molar-refractivity contribution >= 4 is 16.9 Å². The minimum absolute atomic E-state index is 0.411. The zero-order valence-corrected chi connectivity index (χ0v) is 12.2. The summed E-state index contributed by atoms with van der Waals surface area (Å²) in [4.78, 5) is 11.8. The van der Waals surface area contributed by atoms with Gasteiger partial charge in [0.1, 0.15) is 11.3 Å². The van der Waals surface area contributed by atoms with E-state index in [9.17, 15) is 4.79 Å². The molecule has 1 fully saturated rings. The van der Waals surface area contributed by atoms with E-state index in [0.29, 0.717) is 17.2 Å². The first-order valence-corrected chi connectivity index (χ1v) is 6.92. The number of ether oxygens (including phenoxy) is 3. The zero-order chi connectivity index (χ0) is 14.8. The molecule has 1 unspecified atom stereocenters. The molecule has 1 aliphatic rings. The Kier molecular flexibility index (Phi) is 3.79. The SMILES string of the molecule is COC(=O)c1cc2cn(CC3CCOC3)nc2cc1OC. The number of carbonyl (C=O) groups is 1. The lowest BCUT2D eigenvalue weighted by Gasteiger charge is -2.06. The zero-order valence-electron chi connectivity index (χ0n) is 12.2. The summed E-state index contributed by atoms with van der Waals surface area (Å²) >= 11 is 0. The summed E-state index contributed by atoms with van der Waals surface area (Å²) in [6, 6.07) is 3.53. The maximum absolute atomic E-state index is 11.8. The van der Waals surface area contributed by atoms with Crippen molar-refractivity contribution in [3.63, 3.8) is 0 Å². The molecule has 2 aromatic rings. The lowest BCUT2D eigenvalue weighted by atomic mass is 10.1. The molecular weight excluding hydrogens is 272 g/mol. The first-order chi connectivity index (χ1) is 10.2. The van der Waals surface area contributed by atoms with Gasteiger partial charge in [-0.05, 0) is 12.5 Å². The highest BCUT2D eigenvalue weighted by Gasteiger charge is 2.19. The van der Waals surface area contributed by atoms with Gasteiger partial charge in [-0.25, -0.2) is 4.79 Å². The number of methoxy groups -OCH3 is 2. The van der Waals surface area contributed by atoms with Crippen LogP contribution < -0.4 is 4.74 Å². The summed E-state index contributed by atoms with van der Waals surface area (Å²) in [5, 5.41) is 5.44. The van der Waals surface area contributed by atoms with Crippen molar-refractivity contribution in [2.45, 2.75) is 13.0 Å². The number of rotatable bonds is 4. The number of hydrogen-bond donors (Lipinski definition) is 0. The molecule has 1 aromatic carbocycles. The average molecular weight is 290 g/mol. The fraction of sp³-hybridized carbons (Fsp3) is 0.467. The lowest BCUT2D eigenvalue weighted by Crippen LogP contribution is -2.10. The average Bonchev–Trinajstić information content (AvgIpc) is 3.13. The van der Waals surface area contributed by atoms with Gasteiger partial charge in [0.05, 0.1) is 26.3 Å². The van der Waals surface area contributed by atoms with Crippen LogP contribution in [-0.4, -0.2) is 43.2 Å². The molecule has 1 atom stereocenters. The second kappa shape index (κ2) is 5.73. The van der Waals surface area contributed by atoms with Gasteiger partial charge in [0.25, 0.3) is 0 Å². The van der Waals surface area contributed by atoms with Crippen molar-refractivity contribution in [1.29, 1.82) is 0 Å². The molecule has 0 N–H and O–H groups in total. The number of aromatic nitrogens is 2. The minimum atomic E-state index is -0.411. The largest absolute Gasteiger partial charge is 0.496 e. The van der Waals surface area contributed by atoms with Crippen molar-refractivity contribution in [3.05, 3.63) is 23.9 Å². The predicted octanol–water partition coefficient (Wildman–Crippen LogP) is 1.87. The Morgan fingerprint density at radius 2 is 2.33 bits per heavy atom. The molecule has 112 valence electrons.